The Bertz CT molecular complexity index is 684. The summed E-state index contributed by atoms with van der Waals surface area (Å²) < 4.78 is 42.5. The first kappa shape index (κ1) is 16.2. The number of nitrogens with zero attached hydrogens (tertiary/aromatic N) is 1. The lowest BCUT2D eigenvalue weighted by atomic mass is 10.2. The Kier molecular flexibility index (Phi) is 4.38. The van der Waals surface area contributed by atoms with Crippen molar-refractivity contribution in [1.82, 2.24) is 5.32 Å². The fourth-order valence-electron chi connectivity index (χ4n) is 1.89. The monoisotopic (exact) mass is 317 g/mol. The number of nitrogens with two attached hydrogens (primary N) is 1. The van der Waals surface area contributed by atoms with Gasteiger partial charge in [0.2, 0.25) is 0 Å². The molecule has 0 aliphatic rings. The van der Waals surface area contributed by atoms with Gasteiger partial charge >= 0.3 is 6.18 Å². The van der Waals surface area contributed by atoms with Crippen LogP contribution in [0.2, 0.25) is 0 Å². The Labute approximate surface area is 123 Å². The van der Waals surface area contributed by atoms with Gasteiger partial charge in [-0.15, -0.1) is 0 Å². The van der Waals surface area contributed by atoms with Crippen LogP contribution >= 0.6 is 0 Å². The Morgan fingerprint density at radius 2 is 2.09 bits per heavy atom. The number of hydrogen-bond donors (Lipinski definition) is 2. The summed E-state index contributed by atoms with van der Waals surface area (Å²) in [5.74, 6) is 0.380. The molecule has 0 fully saturated rings. The molecular weight excluding hydrogens is 303 g/mol. The SMILES string of the molecule is CC(NC[C@H](N)C(F)(F)F)c1cc2ccc([N+](=O)[O-])cc2o1. The van der Waals surface area contributed by atoms with Crippen LogP contribution in [-0.4, -0.2) is 23.7 Å². The number of nitrogens with one attached hydrogen (secondary N) is 1. The van der Waals surface area contributed by atoms with Crippen LogP contribution in [0.3, 0.4) is 0 Å². The van der Waals surface area contributed by atoms with Crippen molar-refractivity contribution in [1.29, 1.82) is 0 Å². The summed E-state index contributed by atoms with van der Waals surface area (Å²) >= 11 is 0. The Hall–Kier alpha value is -2.13. The molecular formula is C13H14F3N3O3. The van der Waals surface area contributed by atoms with E-state index in [1.165, 1.54) is 18.2 Å². The van der Waals surface area contributed by atoms with Gasteiger partial charge in [-0.2, -0.15) is 13.2 Å². The Morgan fingerprint density at radius 1 is 1.41 bits per heavy atom. The fourth-order valence-corrected chi connectivity index (χ4v) is 1.89. The van der Waals surface area contributed by atoms with E-state index < -0.39 is 29.7 Å². The van der Waals surface area contributed by atoms with Crippen molar-refractivity contribution in [3.05, 3.63) is 40.1 Å². The number of rotatable bonds is 5. The minimum Gasteiger partial charge on any atom is -0.459 e. The lowest BCUT2D eigenvalue weighted by Crippen LogP contribution is -2.45. The lowest BCUT2D eigenvalue weighted by molar-refractivity contribution is -0.384. The predicted octanol–water partition coefficient (Wildman–Crippen LogP) is 2.88. The van der Waals surface area contributed by atoms with Crippen molar-refractivity contribution in [2.75, 3.05) is 6.54 Å². The van der Waals surface area contributed by atoms with Gasteiger partial charge < -0.3 is 15.5 Å². The molecule has 0 bridgehead atoms. The fraction of sp³-hybridized carbons (Fsp3) is 0.385. The molecule has 2 aromatic rings. The average Bonchev–Trinajstić information content (AvgIpc) is 2.85. The largest absolute Gasteiger partial charge is 0.459 e. The molecule has 0 amide bonds. The number of furan rings is 1. The number of alkyl halides is 3. The number of nitro groups is 1. The van der Waals surface area contributed by atoms with Gasteiger partial charge in [-0.05, 0) is 19.1 Å². The van der Waals surface area contributed by atoms with E-state index in [1.807, 2.05) is 0 Å². The average molecular weight is 317 g/mol. The number of non-ortho nitro benzene ring substituents is 1. The molecule has 1 heterocycles. The van der Waals surface area contributed by atoms with Crippen LogP contribution in [0.1, 0.15) is 18.7 Å². The molecule has 1 unspecified atom stereocenters. The van der Waals surface area contributed by atoms with Crippen LogP contribution in [0, 0.1) is 10.1 Å². The zero-order valence-corrected chi connectivity index (χ0v) is 11.6. The summed E-state index contributed by atoms with van der Waals surface area (Å²) in [7, 11) is 0. The first-order valence-corrected chi connectivity index (χ1v) is 6.42. The van der Waals surface area contributed by atoms with Gasteiger partial charge in [-0.25, -0.2) is 0 Å². The van der Waals surface area contributed by atoms with Crippen molar-refractivity contribution in [3.8, 4) is 0 Å². The van der Waals surface area contributed by atoms with Gasteiger partial charge in [0.25, 0.3) is 5.69 Å². The second-order valence-corrected chi connectivity index (χ2v) is 4.91. The van der Waals surface area contributed by atoms with E-state index in [0.29, 0.717) is 16.7 Å². The molecule has 6 nitrogen and oxygen atoms in total. The minimum atomic E-state index is -4.47. The summed E-state index contributed by atoms with van der Waals surface area (Å²) in [4.78, 5) is 10.1. The standard InChI is InChI=1S/C13H14F3N3O3/c1-7(18-6-12(17)13(14,15)16)10-4-8-2-3-9(19(20)21)5-11(8)22-10/h2-5,7,12,18H,6,17H2,1H3/t7?,12-/m0/s1. The third-order valence-electron chi connectivity index (χ3n) is 3.22. The molecule has 120 valence electrons. The smallest absolute Gasteiger partial charge is 0.404 e. The third kappa shape index (κ3) is 3.55. The van der Waals surface area contributed by atoms with Crippen molar-refractivity contribution in [3.63, 3.8) is 0 Å². The summed E-state index contributed by atoms with van der Waals surface area (Å²) in [5, 5.41) is 14.0. The van der Waals surface area contributed by atoms with Crippen molar-refractivity contribution < 1.29 is 22.5 Å². The molecule has 0 aliphatic carbocycles. The molecule has 0 spiro atoms. The maximum atomic E-state index is 12.3. The van der Waals surface area contributed by atoms with Crippen LogP contribution in [-0.2, 0) is 0 Å². The van der Waals surface area contributed by atoms with Crippen LogP contribution in [0.15, 0.2) is 28.7 Å². The van der Waals surface area contributed by atoms with Gasteiger partial charge in [-0.1, -0.05) is 0 Å². The molecule has 22 heavy (non-hydrogen) atoms. The van der Waals surface area contributed by atoms with E-state index in [-0.39, 0.29) is 5.69 Å². The van der Waals surface area contributed by atoms with Gasteiger partial charge in [0.1, 0.15) is 17.4 Å². The molecule has 3 N–H and O–H groups in total. The highest BCUT2D eigenvalue weighted by Gasteiger charge is 2.36. The van der Waals surface area contributed by atoms with Gasteiger partial charge in [0.05, 0.1) is 17.0 Å². The molecule has 0 saturated heterocycles. The first-order valence-electron chi connectivity index (χ1n) is 6.42. The summed E-state index contributed by atoms with van der Waals surface area (Å²) in [6, 6.07) is 3.26. The molecule has 2 atom stereocenters. The zero-order chi connectivity index (χ0) is 16.5. The molecule has 9 heteroatoms. The molecule has 0 saturated carbocycles. The summed E-state index contributed by atoms with van der Waals surface area (Å²) in [6.07, 6.45) is -4.47. The first-order chi connectivity index (χ1) is 10.2. The molecule has 2 rings (SSSR count). The summed E-state index contributed by atoms with van der Waals surface area (Å²) in [5.41, 5.74) is 5.20. The van der Waals surface area contributed by atoms with E-state index in [9.17, 15) is 23.3 Å². The number of fused-ring (bicyclic) bond motifs is 1. The van der Waals surface area contributed by atoms with Gasteiger partial charge in [-0.3, -0.25) is 10.1 Å². The predicted molar refractivity (Wildman–Crippen MR) is 73.3 cm³/mol. The van der Waals surface area contributed by atoms with Gasteiger partial charge in [0.15, 0.2) is 0 Å². The Balaban J connectivity index is 2.11. The second-order valence-electron chi connectivity index (χ2n) is 4.91. The highest BCUT2D eigenvalue weighted by molar-refractivity contribution is 5.80. The highest BCUT2D eigenvalue weighted by Crippen LogP contribution is 2.27. The molecule has 1 aromatic heterocycles. The van der Waals surface area contributed by atoms with Crippen molar-refractivity contribution in [2.45, 2.75) is 25.2 Å². The zero-order valence-electron chi connectivity index (χ0n) is 11.6. The number of hydrogen-bond acceptors (Lipinski definition) is 5. The highest BCUT2D eigenvalue weighted by atomic mass is 19.4. The number of nitro benzene ring substituents is 1. The lowest BCUT2D eigenvalue weighted by Gasteiger charge is -2.18. The van der Waals surface area contributed by atoms with Crippen LogP contribution in [0.4, 0.5) is 18.9 Å². The maximum absolute atomic E-state index is 12.3. The van der Waals surface area contributed by atoms with E-state index in [1.54, 1.807) is 13.0 Å². The Morgan fingerprint density at radius 3 is 2.68 bits per heavy atom. The molecule has 0 aliphatic heterocycles. The van der Waals surface area contributed by atoms with E-state index in [0.717, 1.165) is 0 Å². The quantitative estimate of drug-likeness (QED) is 0.653. The van der Waals surface area contributed by atoms with E-state index >= 15 is 0 Å². The topological polar surface area (TPSA) is 94.3 Å². The van der Waals surface area contributed by atoms with E-state index in [2.05, 4.69) is 5.32 Å². The normalized spacial score (nSPS) is 15.0. The maximum Gasteiger partial charge on any atom is 0.404 e. The van der Waals surface area contributed by atoms with Gasteiger partial charge in [0, 0.05) is 18.0 Å². The summed E-state index contributed by atoms with van der Waals surface area (Å²) in [6.45, 7) is 1.16. The van der Waals surface area contributed by atoms with Crippen LogP contribution < -0.4 is 11.1 Å². The van der Waals surface area contributed by atoms with Crippen LogP contribution in [0.25, 0.3) is 11.0 Å². The number of benzene rings is 1. The van der Waals surface area contributed by atoms with Crippen molar-refractivity contribution >= 4 is 16.7 Å². The molecule has 0 radical (unpaired) electrons. The number of halogens is 3. The second kappa shape index (κ2) is 5.93. The third-order valence-corrected chi connectivity index (χ3v) is 3.22. The van der Waals surface area contributed by atoms with E-state index in [4.69, 9.17) is 10.2 Å². The minimum absolute atomic E-state index is 0.117. The van der Waals surface area contributed by atoms with Crippen molar-refractivity contribution in [2.24, 2.45) is 5.73 Å². The molecule has 1 aromatic carbocycles. The van der Waals surface area contributed by atoms with Crippen LogP contribution in [0.5, 0.6) is 0 Å².